The highest BCUT2D eigenvalue weighted by Gasteiger charge is 2.24. The van der Waals surface area contributed by atoms with Crippen LogP contribution < -0.4 is 5.32 Å². The Morgan fingerprint density at radius 3 is 2.61 bits per heavy atom. The highest BCUT2D eigenvalue weighted by molar-refractivity contribution is 5.68. The number of hydrogen-bond acceptors (Lipinski definition) is 5. The topological polar surface area (TPSA) is 95.9 Å². The average molecular weight is 320 g/mol. The Kier molecular flexibility index (Phi) is 7.03. The minimum Gasteiger partial charge on any atom is -0.504 e. The van der Waals surface area contributed by atoms with Crippen LogP contribution in [0.15, 0.2) is 42.3 Å². The first-order chi connectivity index (χ1) is 10.8. The largest absolute Gasteiger partial charge is 0.504 e. The van der Waals surface area contributed by atoms with Crippen LogP contribution in [-0.4, -0.2) is 29.4 Å². The van der Waals surface area contributed by atoms with Crippen molar-refractivity contribution in [2.24, 2.45) is 0 Å². The molecule has 124 valence electrons. The van der Waals surface area contributed by atoms with Gasteiger partial charge in [0.2, 0.25) is 11.2 Å². The van der Waals surface area contributed by atoms with Gasteiger partial charge in [0.1, 0.15) is 11.6 Å². The van der Waals surface area contributed by atoms with E-state index in [1.54, 1.807) is 20.8 Å². The van der Waals surface area contributed by atoms with Crippen molar-refractivity contribution in [2.45, 2.75) is 39.0 Å². The van der Waals surface area contributed by atoms with E-state index in [-0.39, 0.29) is 12.4 Å². The normalized spacial score (nSPS) is 13.0. The van der Waals surface area contributed by atoms with Gasteiger partial charge in [-0.3, -0.25) is 0 Å². The molecule has 0 heterocycles. The Labute approximate surface area is 135 Å². The van der Waals surface area contributed by atoms with Gasteiger partial charge >= 0.3 is 12.3 Å². The average Bonchev–Trinajstić information content (AvgIpc) is 2.45. The van der Waals surface area contributed by atoms with E-state index in [1.165, 1.54) is 0 Å². The molecule has 1 aromatic carbocycles. The minimum atomic E-state index is -0.885. The van der Waals surface area contributed by atoms with Gasteiger partial charge in [0.25, 0.3) is 0 Å². The molecule has 0 bridgehead atoms. The molecule has 0 aliphatic heterocycles. The lowest BCUT2D eigenvalue weighted by molar-refractivity contribution is 0.0423. The maximum atomic E-state index is 11.8. The fourth-order valence-corrected chi connectivity index (χ4v) is 1.67. The zero-order valence-electron chi connectivity index (χ0n) is 13.5. The third-order valence-electron chi connectivity index (χ3n) is 2.63. The van der Waals surface area contributed by atoms with Crippen LogP contribution in [0.2, 0.25) is 0 Å². The number of carbonyl (C=O) groups excluding carboxylic acids is 1. The second-order valence-corrected chi connectivity index (χ2v) is 5.87. The van der Waals surface area contributed by atoms with Crippen molar-refractivity contribution in [1.82, 2.24) is 5.32 Å². The van der Waals surface area contributed by atoms with Crippen molar-refractivity contribution in [3.63, 3.8) is 0 Å². The highest BCUT2D eigenvalue weighted by atomic mass is 16.6. The van der Waals surface area contributed by atoms with Crippen molar-refractivity contribution in [3.05, 3.63) is 52.8 Å². The molecule has 1 amide bonds. The van der Waals surface area contributed by atoms with E-state index in [0.29, 0.717) is 6.61 Å². The highest BCUT2D eigenvalue weighted by Crippen LogP contribution is 2.09. The van der Waals surface area contributed by atoms with Crippen LogP contribution in [0.1, 0.15) is 26.3 Å². The van der Waals surface area contributed by atoms with Gasteiger partial charge in [-0.15, -0.1) is 0 Å². The maximum Gasteiger partial charge on any atom is 0.408 e. The Morgan fingerprint density at radius 1 is 1.39 bits per heavy atom. The molecule has 1 aromatic rings. The molecule has 0 aliphatic carbocycles. The van der Waals surface area contributed by atoms with Crippen molar-refractivity contribution < 1.29 is 19.4 Å². The summed E-state index contributed by atoms with van der Waals surface area (Å²) in [6.07, 6.45) is 0.122. The van der Waals surface area contributed by atoms with Crippen molar-refractivity contribution in [1.29, 1.82) is 5.39 Å². The van der Waals surface area contributed by atoms with E-state index in [4.69, 9.17) is 14.9 Å². The van der Waals surface area contributed by atoms with Crippen LogP contribution in [0, 0.1) is 5.39 Å². The van der Waals surface area contributed by atoms with Gasteiger partial charge in [-0.2, -0.15) is 0 Å². The number of nitrogens with zero attached hydrogens (tertiary/aromatic N) is 2. The summed E-state index contributed by atoms with van der Waals surface area (Å²) in [5.41, 5.74) is 0.291. The van der Waals surface area contributed by atoms with Crippen LogP contribution in [0.3, 0.4) is 0 Å². The van der Waals surface area contributed by atoms with Crippen molar-refractivity contribution in [2.75, 3.05) is 6.61 Å². The summed E-state index contributed by atoms with van der Waals surface area (Å²) >= 11 is 0. The van der Waals surface area contributed by atoms with Crippen LogP contribution in [0.25, 0.3) is 4.98 Å². The summed E-state index contributed by atoms with van der Waals surface area (Å²) in [5, 5.41) is 20.8. The van der Waals surface area contributed by atoms with Crippen molar-refractivity contribution >= 4 is 6.09 Å². The standard InChI is InChI=1S/C16H21N3O4/c1-16(2,3)23-15(21)19-13(14(20)9-18-17)11-22-10-12-7-5-4-6-8-12/h4-9,13H,10-11H2,1-3H3,(H-,19,20,21)/p+1/b14-9-/t13-/m0/s1. The quantitative estimate of drug-likeness (QED) is 0.619. The van der Waals surface area contributed by atoms with Gasteiger partial charge in [-0.1, -0.05) is 30.3 Å². The zero-order valence-corrected chi connectivity index (χ0v) is 13.5. The second kappa shape index (κ2) is 8.76. The summed E-state index contributed by atoms with van der Waals surface area (Å²) in [4.78, 5) is 14.5. The number of ether oxygens (including phenoxy) is 2. The lowest BCUT2D eigenvalue weighted by Gasteiger charge is -2.22. The fraction of sp³-hybridized carbons (Fsp3) is 0.438. The van der Waals surface area contributed by atoms with Gasteiger partial charge in [0.15, 0.2) is 4.98 Å². The minimum absolute atomic E-state index is 0.00795. The summed E-state index contributed by atoms with van der Waals surface area (Å²) in [6, 6.07) is 8.58. The molecule has 7 heteroatoms. The van der Waals surface area contributed by atoms with E-state index in [0.717, 1.165) is 11.8 Å². The first kappa shape index (κ1) is 18.5. The molecular weight excluding hydrogens is 298 g/mol. The SMILES string of the molecule is CC(C)(C)OC(=O)N[C@@H](COCc1ccccc1)/C(O)=C/[N+]#N. The fourth-order valence-electron chi connectivity index (χ4n) is 1.67. The van der Waals surface area contributed by atoms with Crippen LogP contribution in [0.5, 0.6) is 0 Å². The van der Waals surface area contributed by atoms with E-state index in [9.17, 15) is 9.90 Å². The molecule has 23 heavy (non-hydrogen) atoms. The zero-order chi connectivity index (χ0) is 17.3. The van der Waals surface area contributed by atoms with E-state index in [2.05, 4.69) is 10.3 Å². The molecular formula is C16H22N3O4+. The Morgan fingerprint density at radius 2 is 2.04 bits per heavy atom. The van der Waals surface area contributed by atoms with E-state index >= 15 is 0 Å². The van der Waals surface area contributed by atoms with E-state index in [1.807, 2.05) is 30.3 Å². The van der Waals surface area contributed by atoms with Crippen LogP contribution in [-0.2, 0) is 16.1 Å². The number of aliphatic hydroxyl groups excluding tert-OH is 1. The first-order valence-electron chi connectivity index (χ1n) is 7.16. The lowest BCUT2D eigenvalue weighted by atomic mass is 10.2. The lowest BCUT2D eigenvalue weighted by Crippen LogP contribution is -2.42. The Bertz CT molecular complexity index is 573. The van der Waals surface area contributed by atoms with Gasteiger partial charge in [0.05, 0.1) is 13.2 Å². The van der Waals surface area contributed by atoms with E-state index < -0.39 is 17.7 Å². The number of diazo groups is 1. The third-order valence-corrected chi connectivity index (χ3v) is 2.63. The van der Waals surface area contributed by atoms with Gasteiger partial charge < -0.3 is 19.9 Å². The van der Waals surface area contributed by atoms with Gasteiger partial charge in [0, 0.05) is 0 Å². The number of amides is 1. The van der Waals surface area contributed by atoms with Gasteiger partial charge in [-0.25, -0.2) is 4.79 Å². The molecule has 0 saturated carbocycles. The number of rotatable bonds is 6. The van der Waals surface area contributed by atoms with Crippen molar-refractivity contribution in [3.8, 4) is 0 Å². The first-order valence-corrected chi connectivity index (χ1v) is 7.16. The summed E-state index contributed by atoms with van der Waals surface area (Å²) < 4.78 is 10.6. The molecule has 1 atom stereocenters. The maximum absolute atomic E-state index is 11.8. The molecule has 0 aromatic heterocycles. The number of carbonyl (C=O) groups is 1. The third kappa shape index (κ3) is 7.83. The molecule has 0 fully saturated rings. The van der Waals surface area contributed by atoms with Gasteiger partial charge in [-0.05, 0) is 26.3 Å². The number of aliphatic hydroxyl groups is 1. The number of alkyl carbamates (subject to hydrolysis) is 1. The predicted molar refractivity (Wildman–Crippen MR) is 85.1 cm³/mol. The predicted octanol–water partition coefficient (Wildman–Crippen LogP) is 3.35. The molecule has 1 rings (SSSR count). The van der Waals surface area contributed by atoms with Crippen LogP contribution >= 0.6 is 0 Å². The number of hydrogen-bond donors (Lipinski definition) is 2. The monoisotopic (exact) mass is 320 g/mol. The summed E-state index contributed by atoms with van der Waals surface area (Å²) in [7, 11) is 0. The number of benzene rings is 1. The summed E-state index contributed by atoms with van der Waals surface area (Å²) in [5.74, 6) is -0.341. The molecule has 0 spiro atoms. The molecule has 7 nitrogen and oxygen atoms in total. The molecule has 0 saturated heterocycles. The number of nitrogens with one attached hydrogen (secondary N) is 1. The summed E-state index contributed by atoms with van der Waals surface area (Å²) in [6.45, 7) is 5.49. The molecule has 2 N–H and O–H groups in total. The Balaban J connectivity index is 2.61. The second-order valence-electron chi connectivity index (χ2n) is 5.87. The molecule has 0 radical (unpaired) electrons. The Hall–Kier alpha value is -2.59. The molecule has 0 aliphatic rings. The smallest absolute Gasteiger partial charge is 0.408 e. The van der Waals surface area contributed by atoms with Crippen LogP contribution in [0.4, 0.5) is 4.79 Å². The molecule has 0 unspecified atom stereocenters.